The first-order chi connectivity index (χ1) is 13.1. The Morgan fingerprint density at radius 1 is 1.26 bits per heavy atom. The Morgan fingerprint density at radius 3 is 2.78 bits per heavy atom. The first-order valence-corrected chi connectivity index (χ1v) is 9.81. The Balaban J connectivity index is 1.56. The molecular weight excluding hydrogens is 342 g/mol. The van der Waals surface area contributed by atoms with E-state index >= 15 is 0 Å². The van der Waals surface area contributed by atoms with Crippen LogP contribution in [0.3, 0.4) is 0 Å². The van der Waals surface area contributed by atoms with Crippen LogP contribution < -0.4 is 5.32 Å². The van der Waals surface area contributed by atoms with Gasteiger partial charge in [-0.05, 0) is 44.0 Å². The molecule has 3 aliphatic rings. The standard InChI is InChI=1S/C20H27N5O2/c1-3-8-21-18(26)10-13-4-7-17-16(9-13)19(23-22-17)20(27)25-12-14-5-6-15(25)11-24(14)2/h4,7,9,14-15H,3,5-6,8,10-12H2,1-2H3,(H,21,26)(H,22,23). The highest BCUT2D eigenvalue weighted by Gasteiger charge is 2.40. The number of aromatic amines is 1. The number of carbonyl (C=O) groups is 2. The molecule has 0 radical (unpaired) electrons. The molecule has 0 saturated carbocycles. The molecule has 1 aromatic carbocycles. The Bertz CT molecular complexity index is 861. The number of rotatable bonds is 5. The van der Waals surface area contributed by atoms with E-state index in [1.807, 2.05) is 30.0 Å². The lowest BCUT2D eigenvalue weighted by molar-refractivity contribution is -0.120. The van der Waals surface area contributed by atoms with E-state index in [-0.39, 0.29) is 17.9 Å². The van der Waals surface area contributed by atoms with E-state index in [0.717, 1.165) is 48.8 Å². The van der Waals surface area contributed by atoms with Gasteiger partial charge in [0, 0.05) is 37.1 Å². The summed E-state index contributed by atoms with van der Waals surface area (Å²) in [5.41, 5.74) is 2.19. The van der Waals surface area contributed by atoms with E-state index in [1.165, 1.54) is 0 Å². The van der Waals surface area contributed by atoms with Gasteiger partial charge in [0.25, 0.3) is 5.91 Å². The third-order valence-corrected chi connectivity index (χ3v) is 5.83. The summed E-state index contributed by atoms with van der Waals surface area (Å²) in [6.45, 7) is 4.41. The van der Waals surface area contributed by atoms with Crippen LogP contribution in [0.5, 0.6) is 0 Å². The number of benzene rings is 1. The van der Waals surface area contributed by atoms with Crippen molar-refractivity contribution in [2.45, 2.75) is 44.7 Å². The molecule has 1 aromatic heterocycles. The topological polar surface area (TPSA) is 81.3 Å². The molecule has 2 aromatic rings. The van der Waals surface area contributed by atoms with Crippen molar-refractivity contribution >= 4 is 22.7 Å². The molecule has 3 saturated heterocycles. The van der Waals surface area contributed by atoms with Gasteiger partial charge in [-0.2, -0.15) is 5.10 Å². The highest BCUT2D eigenvalue weighted by molar-refractivity contribution is 6.05. The fourth-order valence-corrected chi connectivity index (χ4v) is 4.27. The molecule has 0 spiro atoms. The summed E-state index contributed by atoms with van der Waals surface area (Å²) in [6.07, 6.45) is 3.45. The molecule has 2 amide bonds. The third kappa shape index (κ3) is 3.43. The quantitative estimate of drug-likeness (QED) is 0.838. The van der Waals surface area contributed by atoms with Gasteiger partial charge in [-0.25, -0.2) is 0 Å². The van der Waals surface area contributed by atoms with Crippen LogP contribution >= 0.6 is 0 Å². The Labute approximate surface area is 159 Å². The van der Waals surface area contributed by atoms with Crippen LogP contribution in [0.4, 0.5) is 0 Å². The lowest BCUT2D eigenvalue weighted by Gasteiger charge is -2.50. The Morgan fingerprint density at radius 2 is 2.07 bits per heavy atom. The fourth-order valence-electron chi connectivity index (χ4n) is 4.27. The van der Waals surface area contributed by atoms with Crippen molar-refractivity contribution in [1.82, 2.24) is 25.3 Å². The number of piperazine rings is 1. The zero-order chi connectivity index (χ0) is 19.0. The smallest absolute Gasteiger partial charge is 0.275 e. The van der Waals surface area contributed by atoms with Crippen molar-refractivity contribution in [1.29, 1.82) is 0 Å². The summed E-state index contributed by atoms with van der Waals surface area (Å²) in [4.78, 5) is 29.6. The van der Waals surface area contributed by atoms with E-state index in [2.05, 4.69) is 27.5 Å². The van der Waals surface area contributed by atoms with E-state index in [1.54, 1.807) is 0 Å². The zero-order valence-corrected chi connectivity index (χ0v) is 16.0. The lowest BCUT2D eigenvalue weighted by Crippen LogP contribution is -2.62. The maximum Gasteiger partial charge on any atom is 0.275 e. The monoisotopic (exact) mass is 369 g/mol. The van der Waals surface area contributed by atoms with E-state index in [9.17, 15) is 9.59 Å². The van der Waals surface area contributed by atoms with Gasteiger partial charge in [-0.1, -0.05) is 13.0 Å². The molecule has 27 heavy (non-hydrogen) atoms. The van der Waals surface area contributed by atoms with Crippen LogP contribution in [0, 0.1) is 0 Å². The maximum atomic E-state index is 13.2. The second-order valence-electron chi connectivity index (χ2n) is 7.76. The lowest BCUT2D eigenvalue weighted by atomic mass is 9.91. The normalized spacial score (nSPS) is 22.4. The summed E-state index contributed by atoms with van der Waals surface area (Å²) < 4.78 is 0. The molecule has 3 aliphatic heterocycles. The van der Waals surface area contributed by atoms with Gasteiger partial charge in [0.2, 0.25) is 5.91 Å². The number of nitrogens with zero attached hydrogens (tertiary/aromatic N) is 3. The first kappa shape index (κ1) is 18.0. The summed E-state index contributed by atoms with van der Waals surface area (Å²) in [6, 6.07) is 6.45. The molecular formula is C20H27N5O2. The molecule has 2 N–H and O–H groups in total. The average Bonchev–Trinajstić information content (AvgIpc) is 3.09. The van der Waals surface area contributed by atoms with Crippen molar-refractivity contribution in [3.8, 4) is 0 Å². The molecule has 3 fully saturated rings. The van der Waals surface area contributed by atoms with Crippen molar-refractivity contribution < 1.29 is 9.59 Å². The predicted octanol–water partition coefficient (Wildman–Crippen LogP) is 1.55. The highest BCUT2D eigenvalue weighted by Crippen LogP contribution is 2.30. The highest BCUT2D eigenvalue weighted by atomic mass is 16.2. The van der Waals surface area contributed by atoms with E-state index in [0.29, 0.717) is 24.7 Å². The van der Waals surface area contributed by atoms with Gasteiger partial charge in [0.05, 0.1) is 11.9 Å². The van der Waals surface area contributed by atoms with E-state index in [4.69, 9.17) is 0 Å². The minimum atomic E-state index is -0.00312. The molecule has 4 heterocycles. The van der Waals surface area contributed by atoms with Gasteiger partial charge >= 0.3 is 0 Å². The van der Waals surface area contributed by atoms with Crippen molar-refractivity contribution in [2.75, 3.05) is 26.7 Å². The van der Waals surface area contributed by atoms with Crippen LogP contribution in [0.15, 0.2) is 18.2 Å². The Hall–Kier alpha value is -2.41. The van der Waals surface area contributed by atoms with Crippen molar-refractivity contribution in [2.24, 2.45) is 0 Å². The van der Waals surface area contributed by atoms with E-state index < -0.39 is 0 Å². The number of piperidine rings is 2. The van der Waals surface area contributed by atoms with Crippen LogP contribution in [0.1, 0.15) is 42.2 Å². The summed E-state index contributed by atoms with van der Waals surface area (Å²) in [5.74, 6) is 0.000540. The van der Waals surface area contributed by atoms with Crippen LogP contribution in [-0.2, 0) is 11.2 Å². The van der Waals surface area contributed by atoms with Gasteiger partial charge < -0.3 is 10.2 Å². The summed E-state index contributed by atoms with van der Waals surface area (Å²) >= 11 is 0. The van der Waals surface area contributed by atoms with Crippen LogP contribution in [0.2, 0.25) is 0 Å². The van der Waals surface area contributed by atoms with Gasteiger partial charge in [0.15, 0.2) is 5.69 Å². The number of fused-ring (bicyclic) bond motifs is 4. The van der Waals surface area contributed by atoms with Gasteiger partial charge in [0.1, 0.15) is 0 Å². The van der Waals surface area contributed by atoms with Crippen molar-refractivity contribution in [3.05, 3.63) is 29.5 Å². The minimum Gasteiger partial charge on any atom is -0.356 e. The second kappa shape index (κ2) is 7.31. The second-order valence-corrected chi connectivity index (χ2v) is 7.76. The summed E-state index contributed by atoms with van der Waals surface area (Å²) in [5, 5.41) is 11.0. The summed E-state index contributed by atoms with van der Waals surface area (Å²) in [7, 11) is 2.14. The molecule has 0 aliphatic carbocycles. The number of amides is 2. The SMILES string of the molecule is CCCNC(=O)Cc1ccc2[nH]nc(C(=O)N3CC4CCC3CN4C)c2c1. The molecule has 5 rings (SSSR count). The van der Waals surface area contributed by atoms with Gasteiger partial charge in [-0.3, -0.25) is 19.6 Å². The van der Waals surface area contributed by atoms with Crippen molar-refractivity contribution in [3.63, 3.8) is 0 Å². The predicted molar refractivity (Wildman–Crippen MR) is 104 cm³/mol. The number of H-pyrrole nitrogens is 1. The number of nitrogens with one attached hydrogen (secondary N) is 2. The maximum absolute atomic E-state index is 13.2. The number of likely N-dealkylation sites (N-methyl/N-ethyl adjacent to an activating group) is 1. The molecule has 7 nitrogen and oxygen atoms in total. The van der Waals surface area contributed by atoms with Crippen LogP contribution in [-0.4, -0.2) is 70.6 Å². The number of carbonyl (C=O) groups excluding carboxylic acids is 2. The third-order valence-electron chi connectivity index (χ3n) is 5.83. The molecule has 2 atom stereocenters. The molecule has 2 unspecified atom stereocenters. The van der Waals surface area contributed by atoms with Gasteiger partial charge in [-0.15, -0.1) is 0 Å². The van der Waals surface area contributed by atoms with Crippen LogP contribution in [0.25, 0.3) is 10.9 Å². The first-order valence-electron chi connectivity index (χ1n) is 9.81. The number of hydrogen-bond donors (Lipinski definition) is 2. The Kier molecular flexibility index (Phi) is 4.86. The number of aromatic nitrogens is 2. The zero-order valence-electron chi connectivity index (χ0n) is 16.0. The molecule has 144 valence electrons. The number of hydrogen-bond acceptors (Lipinski definition) is 4. The largest absolute Gasteiger partial charge is 0.356 e. The minimum absolute atomic E-state index is 0.00312. The fraction of sp³-hybridized carbons (Fsp3) is 0.550. The molecule has 7 heteroatoms. The average molecular weight is 369 g/mol. The molecule has 2 bridgehead atoms.